The van der Waals surface area contributed by atoms with Crippen molar-refractivity contribution >= 4 is 34.8 Å². The van der Waals surface area contributed by atoms with Crippen molar-refractivity contribution < 1.29 is 14.7 Å². The molecular weight excluding hydrogens is 318 g/mol. The number of halogens is 1. The second-order valence-corrected chi connectivity index (χ2v) is 5.39. The molecule has 0 saturated heterocycles. The van der Waals surface area contributed by atoms with E-state index in [9.17, 15) is 9.59 Å². The highest BCUT2D eigenvalue weighted by atomic mass is 35.5. The first-order valence-electron chi connectivity index (χ1n) is 6.77. The molecule has 3 aromatic rings. The number of imidazole rings is 1. The molecule has 0 atom stereocenters. The Bertz CT molecular complexity index is 904. The van der Waals surface area contributed by atoms with Gasteiger partial charge in [0.05, 0.1) is 22.7 Å². The molecule has 1 amide bonds. The van der Waals surface area contributed by atoms with Crippen molar-refractivity contribution in [2.45, 2.75) is 6.42 Å². The first kappa shape index (κ1) is 15.1. The number of benzene rings is 1. The standard InChI is InChI=1S/C16H12ClN3O3/c17-11-4-5-14-18-13(9-20(14)8-11)7-15(21)19-12-3-1-2-10(6-12)16(22)23/h1-6,8-9H,7H2,(H,19,21)(H,22,23). The first-order chi connectivity index (χ1) is 11.0. The summed E-state index contributed by atoms with van der Waals surface area (Å²) in [6.45, 7) is 0. The Hall–Kier alpha value is -2.86. The molecule has 23 heavy (non-hydrogen) atoms. The van der Waals surface area contributed by atoms with Gasteiger partial charge in [0, 0.05) is 18.1 Å². The molecule has 0 radical (unpaired) electrons. The van der Waals surface area contributed by atoms with Crippen LogP contribution in [0.25, 0.3) is 5.65 Å². The number of carboxylic acid groups (broad SMARTS) is 1. The summed E-state index contributed by atoms with van der Waals surface area (Å²) in [6.07, 6.45) is 3.52. The molecular formula is C16H12ClN3O3. The summed E-state index contributed by atoms with van der Waals surface area (Å²) >= 11 is 5.91. The maximum Gasteiger partial charge on any atom is 0.335 e. The van der Waals surface area contributed by atoms with Crippen LogP contribution in [0.15, 0.2) is 48.8 Å². The van der Waals surface area contributed by atoms with E-state index in [2.05, 4.69) is 10.3 Å². The number of anilines is 1. The fourth-order valence-corrected chi connectivity index (χ4v) is 2.37. The van der Waals surface area contributed by atoms with Crippen LogP contribution in [0.3, 0.4) is 0 Å². The van der Waals surface area contributed by atoms with Gasteiger partial charge in [0.1, 0.15) is 5.65 Å². The third kappa shape index (κ3) is 3.49. The van der Waals surface area contributed by atoms with E-state index in [1.807, 2.05) is 0 Å². The molecule has 0 aliphatic heterocycles. The highest BCUT2D eigenvalue weighted by molar-refractivity contribution is 6.30. The van der Waals surface area contributed by atoms with E-state index in [1.165, 1.54) is 12.1 Å². The highest BCUT2D eigenvalue weighted by Gasteiger charge is 2.10. The number of amides is 1. The van der Waals surface area contributed by atoms with Crippen LogP contribution in [-0.2, 0) is 11.2 Å². The zero-order valence-electron chi connectivity index (χ0n) is 11.9. The lowest BCUT2D eigenvalue weighted by molar-refractivity contribution is -0.115. The molecule has 3 rings (SSSR count). The average molecular weight is 330 g/mol. The van der Waals surface area contributed by atoms with Crippen LogP contribution in [0.4, 0.5) is 5.69 Å². The maximum absolute atomic E-state index is 12.1. The van der Waals surface area contributed by atoms with E-state index in [-0.39, 0.29) is 17.9 Å². The molecule has 1 aromatic carbocycles. The van der Waals surface area contributed by atoms with E-state index >= 15 is 0 Å². The number of aromatic nitrogens is 2. The number of fused-ring (bicyclic) bond motifs is 1. The number of hydrogen-bond acceptors (Lipinski definition) is 3. The minimum absolute atomic E-state index is 0.0800. The van der Waals surface area contributed by atoms with Crippen LogP contribution in [0.1, 0.15) is 16.1 Å². The fourth-order valence-electron chi connectivity index (χ4n) is 2.20. The van der Waals surface area contributed by atoms with Crippen molar-refractivity contribution in [3.63, 3.8) is 0 Å². The molecule has 2 N–H and O–H groups in total. The minimum Gasteiger partial charge on any atom is -0.478 e. The second kappa shape index (κ2) is 6.10. The van der Waals surface area contributed by atoms with Crippen LogP contribution in [0.5, 0.6) is 0 Å². The first-order valence-corrected chi connectivity index (χ1v) is 7.15. The third-order valence-electron chi connectivity index (χ3n) is 3.20. The minimum atomic E-state index is -1.04. The number of pyridine rings is 1. The Morgan fingerprint density at radius 2 is 2.04 bits per heavy atom. The topological polar surface area (TPSA) is 83.7 Å². The number of rotatable bonds is 4. The lowest BCUT2D eigenvalue weighted by Gasteiger charge is -2.04. The van der Waals surface area contributed by atoms with Gasteiger partial charge in [-0.15, -0.1) is 0 Å². The summed E-state index contributed by atoms with van der Waals surface area (Å²) in [4.78, 5) is 27.3. The van der Waals surface area contributed by atoms with Gasteiger partial charge in [0.2, 0.25) is 5.91 Å². The number of carboxylic acids is 1. The van der Waals surface area contributed by atoms with Gasteiger partial charge in [0.25, 0.3) is 0 Å². The smallest absolute Gasteiger partial charge is 0.335 e. The van der Waals surface area contributed by atoms with Crippen molar-refractivity contribution in [2.75, 3.05) is 5.32 Å². The predicted octanol–water partition coefficient (Wildman–Crippen LogP) is 2.87. The number of aromatic carboxylic acids is 1. The van der Waals surface area contributed by atoms with E-state index in [0.717, 1.165) is 0 Å². The largest absolute Gasteiger partial charge is 0.478 e. The molecule has 2 aromatic heterocycles. The molecule has 0 spiro atoms. The van der Waals surface area contributed by atoms with Crippen LogP contribution in [-0.4, -0.2) is 26.4 Å². The average Bonchev–Trinajstić information content (AvgIpc) is 2.88. The van der Waals surface area contributed by atoms with Crippen molar-refractivity contribution in [1.29, 1.82) is 0 Å². The molecule has 116 valence electrons. The molecule has 2 heterocycles. The lowest BCUT2D eigenvalue weighted by atomic mass is 10.2. The number of nitrogens with one attached hydrogen (secondary N) is 1. The van der Waals surface area contributed by atoms with Crippen molar-refractivity contribution in [2.24, 2.45) is 0 Å². The van der Waals surface area contributed by atoms with Gasteiger partial charge in [0.15, 0.2) is 0 Å². The monoisotopic (exact) mass is 329 g/mol. The summed E-state index contributed by atoms with van der Waals surface area (Å²) in [6, 6.07) is 9.57. The van der Waals surface area contributed by atoms with Gasteiger partial charge < -0.3 is 14.8 Å². The fraction of sp³-hybridized carbons (Fsp3) is 0.0625. The number of hydrogen-bond donors (Lipinski definition) is 2. The summed E-state index contributed by atoms with van der Waals surface area (Å²) in [5.74, 6) is -1.32. The zero-order valence-corrected chi connectivity index (χ0v) is 12.6. The Labute approximate surface area is 136 Å². The normalized spacial score (nSPS) is 10.7. The quantitative estimate of drug-likeness (QED) is 0.771. The Balaban J connectivity index is 1.73. The van der Waals surface area contributed by atoms with E-state index in [0.29, 0.717) is 22.1 Å². The molecule has 0 fully saturated rings. The molecule has 7 heteroatoms. The predicted molar refractivity (Wildman–Crippen MR) is 85.9 cm³/mol. The zero-order chi connectivity index (χ0) is 16.4. The van der Waals surface area contributed by atoms with Crippen molar-refractivity contribution in [3.05, 3.63) is 65.1 Å². The SMILES string of the molecule is O=C(Cc1cn2cc(Cl)ccc2n1)Nc1cccc(C(=O)O)c1. The van der Waals surface area contributed by atoms with Crippen molar-refractivity contribution in [1.82, 2.24) is 9.38 Å². The summed E-state index contributed by atoms with van der Waals surface area (Å²) < 4.78 is 1.75. The van der Waals surface area contributed by atoms with Crippen LogP contribution in [0.2, 0.25) is 5.02 Å². The van der Waals surface area contributed by atoms with Crippen LogP contribution in [0, 0.1) is 0 Å². The molecule has 0 aliphatic rings. The number of carbonyl (C=O) groups excluding carboxylic acids is 1. The summed E-state index contributed by atoms with van der Waals surface area (Å²) in [7, 11) is 0. The highest BCUT2D eigenvalue weighted by Crippen LogP contribution is 2.14. The lowest BCUT2D eigenvalue weighted by Crippen LogP contribution is -2.15. The molecule has 0 unspecified atom stereocenters. The van der Waals surface area contributed by atoms with Crippen LogP contribution < -0.4 is 5.32 Å². The number of nitrogens with zero attached hydrogens (tertiary/aromatic N) is 2. The Morgan fingerprint density at radius 3 is 2.83 bits per heavy atom. The third-order valence-corrected chi connectivity index (χ3v) is 3.42. The molecule has 6 nitrogen and oxygen atoms in total. The van der Waals surface area contributed by atoms with Crippen LogP contribution >= 0.6 is 11.6 Å². The second-order valence-electron chi connectivity index (χ2n) is 4.96. The van der Waals surface area contributed by atoms with Gasteiger partial charge in [-0.05, 0) is 30.3 Å². The van der Waals surface area contributed by atoms with E-state index < -0.39 is 5.97 Å². The summed E-state index contributed by atoms with van der Waals surface area (Å²) in [5, 5.41) is 12.2. The molecule has 0 saturated carbocycles. The Kier molecular flexibility index (Phi) is 3.99. The van der Waals surface area contributed by atoms with Gasteiger partial charge in [-0.2, -0.15) is 0 Å². The van der Waals surface area contributed by atoms with E-state index in [1.54, 1.807) is 41.1 Å². The Morgan fingerprint density at radius 1 is 1.22 bits per heavy atom. The van der Waals surface area contributed by atoms with E-state index in [4.69, 9.17) is 16.7 Å². The van der Waals surface area contributed by atoms with Gasteiger partial charge in [-0.25, -0.2) is 9.78 Å². The molecule has 0 aliphatic carbocycles. The van der Waals surface area contributed by atoms with Crippen molar-refractivity contribution in [3.8, 4) is 0 Å². The van der Waals surface area contributed by atoms with Gasteiger partial charge >= 0.3 is 5.97 Å². The summed E-state index contributed by atoms with van der Waals surface area (Å²) in [5.41, 5.74) is 1.84. The number of carbonyl (C=O) groups is 2. The molecule has 0 bridgehead atoms. The van der Waals surface area contributed by atoms with Gasteiger partial charge in [-0.3, -0.25) is 4.79 Å². The maximum atomic E-state index is 12.1. The van der Waals surface area contributed by atoms with Gasteiger partial charge in [-0.1, -0.05) is 17.7 Å².